The van der Waals surface area contributed by atoms with Crippen LogP contribution in [-0.4, -0.2) is 26.2 Å². The third-order valence-corrected chi connectivity index (χ3v) is 4.36. The van der Waals surface area contributed by atoms with Gasteiger partial charge in [-0.1, -0.05) is 20.3 Å². The predicted octanol–water partition coefficient (Wildman–Crippen LogP) is 2.59. The Labute approximate surface area is 125 Å². The van der Waals surface area contributed by atoms with Crippen LogP contribution in [0.4, 0.5) is 5.69 Å². The summed E-state index contributed by atoms with van der Waals surface area (Å²) >= 11 is 0. The van der Waals surface area contributed by atoms with Crippen molar-refractivity contribution in [2.75, 3.05) is 20.0 Å². The number of carbonyl (C=O) groups excluding carboxylic acids is 1. The molecule has 21 heavy (non-hydrogen) atoms. The first-order chi connectivity index (χ1) is 9.89. The van der Waals surface area contributed by atoms with Crippen LogP contribution in [-0.2, 0) is 0 Å². The van der Waals surface area contributed by atoms with Crippen molar-refractivity contribution >= 4 is 11.6 Å². The minimum absolute atomic E-state index is 0.126. The van der Waals surface area contributed by atoms with Gasteiger partial charge >= 0.3 is 0 Å². The van der Waals surface area contributed by atoms with Crippen molar-refractivity contribution in [1.82, 2.24) is 5.32 Å². The van der Waals surface area contributed by atoms with E-state index < -0.39 is 0 Å². The van der Waals surface area contributed by atoms with Gasteiger partial charge < -0.3 is 20.5 Å². The van der Waals surface area contributed by atoms with Crippen LogP contribution in [0.3, 0.4) is 0 Å². The number of hydrogen-bond acceptors (Lipinski definition) is 4. The first kappa shape index (κ1) is 15.5. The highest BCUT2D eigenvalue weighted by Gasteiger charge is 2.35. The molecule has 1 unspecified atom stereocenters. The number of benzene rings is 1. The van der Waals surface area contributed by atoms with Gasteiger partial charge in [0.15, 0.2) is 11.5 Å². The normalized spacial score (nSPS) is 20.1. The third kappa shape index (κ3) is 3.06. The van der Waals surface area contributed by atoms with Crippen molar-refractivity contribution in [3.8, 4) is 11.5 Å². The zero-order valence-electron chi connectivity index (χ0n) is 13.2. The van der Waals surface area contributed by atoms with Crippen LogP contribution in [0, 0.1) is 5.41 Å². The minimum Gasteiger partial charge on any atom is -0.493 e. The van der Waals surface area contributed by atoms with E-state index in [-0.39, 0.29) is 17.4 Å². The molecule has 2 rings (SSSR count). The molecule has 1 aromatic carbocycles. The summed E-state index contributed by atoms with van der Waals surface area (Å²) in [5.41, 5.74) is 6.91. The molecule has 0 bridgehead atoms. The molecule has 0 aliphatic heterocycles. The average molecular weight is 292 g/mol. The van der Waals surface area contributed by atoms with E-state index in [1.165, 1.54) is 14.2 Å². The summed E-state index contributed by atoms with van der Waals surface area (Å²) in [5.74, 6) is 0.865. The summed E-state index contributed by atoms with van der Waals surface area (Å²) in [6.07, 6.45) is 3.27. The number of amides is 1. The standard InChI is InChI=1S/C16H24N2O3/c1-16(2)7-5-6-14(16)18-15(19)10-8-12(20-3)13(21-4)9-11(10)17/h8-9,14H,5-7,17H2,1-4H3,(H,18,19). The smallest absolute Gasteiger partial charge is 0.253 e. The fourth-order valence-corrected chi connectivity index (χ4v) is 2.92. The molecule has 1 amide bonds. The van der Waals surface area contributed by atoms with Crippen molar-refractivity contribution in [1.29, 1.82) is 0 Å². The molecule has 0 heterocycles. The van der Waals surface area contributed by atoms with Crippen molar-refractivity contribution in [3.05, 3.63) is 17.7 Å². The number of anilines is 1. The van der Waals surface area contributed by atoms with E-state index in [2.05, 4.69) is 19.2 Å². The molecule has 5 nitrogen and oxygen atoms in total. The van der Waals surface area contributed by atoms with Gasteiger partial charge in [-0.05, 0) is 24.3 Å². The summed E-state index contributed by atoms with van der Waals surface area (Å²) in [7, 11) is 3.08. The lowest BCUT2D eigenvalue weighted by molar-refractivity contribution is 0.0910. The van der Waals surface area contributed by atoms with E-state index in [4.69, 9.17) is 15.2 Å². The number of ether oxygens (including phenoxy) is 2. The molecule has 1 fully saturated rings. The lowest BCUT2D eigenvalue weighted by Crippen LogP contribution is -2.41. The van der Waals surface area contributed by atoms with E-state index >= 15 is 0 Å². The molecule has 5 heteroatoms. The Hall–Kier alpha value is -1.91. The molecular formula is C16H24N2O3. The summed E-state index contributed by atoms with van der Waals surface area (Å²) in [6, 6.07) is 3.43. The number of carbonyl (C=O) groups is 1. The second-order valence-electron chi connectivity index (χ2n) is 6.20. The summed E-state index contributed by atoms with van der Waals surface area (Å²) in [6.45, 7) is 4.37. The van der Waals surface area contributed by atoms with Crippen molar-refractivity contribution in [3.63, 3.8) is 0 Å². The molecule has 1 atom stereocenters. The summed E-state index contributed by atoms with van der Waals surface area (Å²) in [5, 5.41) is 3.10. The molecule has 0 aromatic heterocycles. The lowest BCUT2D eigenvalue weighted by Gasteiger charge is -2.28. The highest BCUT2D eigenvalue weighted by Crippen LogP contribution is 2.38. The van der Waals surface area contributed by atoms with Gasteiger partial charge in [-0.2, -0.15) is 0 Å². The van der Waals surface area contributed by atoms with Crippen LogP contribution in [0.15, 0.2) is 12.1 Å². The molecule has 1 saturated carbocycles. The maximum atomic E-state index is 12.5. The maximum Gasteiger partial charge on any atom is 0.253 e. The van der Waals surface area contributed by atoms with Gasteiger partial charge in [0.25, 0.3) is 5.91 Å². The molecule has 1 aromatic rings. The molecule has 116 valence electrons. The predicted molar refractivity (Wildman–Crippen MR) is 82.8 cm³/mol. The molecular weight excluding hydrogens is 268 g/mol. The van der Waals surface area contributed by atoms with E-state index in [1.807, 2.05) is 0 Å². The lowest BCUT2D eigenvalue weighted by atomic mass is 9.87. The highest BCUT2D eigenvalue weighted by atomic mass is 16.5. The quantitative estimate of drug-likeness (QED) is 0.837. The Bertz CT molecular complexity index is 541. The molecule has 0 saturated heterocycles. The van der Waals surface area contributed by atoms with Crippen molar-refractivity contribution < 1.29 is 14.3 Å². The fraction of sp³-hybridized carbons (Fsp3) is 0.562. The number of rotatable bonds is 4. The Morgan fingerprint density at radius 3 is 2.43 bits per heavy atom. The average Bonchev–Trinajstić information content (AvgIpc) is 2.77. The summed E-state index contributed by atoms with van der Waals surface area (Å²) in [4.78, 5) is 12.5. The van der Waals surface area contributed by atoms with Gasteiger partial charge in [0, 0.05) is 17.8 Å². The maximum absolute atomic E-state index is 12.5. The summed E-state index contributed by atoms with van der Waals surface area (Å²) < 4.78 is 10.4. The number of nitrogens with one attached hydrogen (secondary N) is 1. The van der Waals surface area contributed by atoms with E-state index in [0.717, 1.165) is 19.3 Å². The zero-order valence-corrected chi connectivity index (χ0v) is 13.2. The van der Waals surface area contributed by atoms with Crippen LogP contribution in [0.25, 0.3) is 0 Å². The monoisotopic (exact) mass is 292 g/mol. The molecule has 1 aliphatic carbocycles. The topological polar surface area (TPSA) is 73.6 Å². The SMILES string of the molecule is COc1cc(N)c(C(=O)NC2CCCC2(C)C)cc1OC. The number of methoxy groups -OCH3 is 2. The van der Waals surface area contributed by atoms with E-state index in [0.29, 0.717) is 22.7 Å². The van der Waals surface area contributed by atoms with Gasteiger partial charge in [0.1, 0.15) is 0 Å². The van der Waals surface area contributed by atoms with Crippen molar-refractivity contribution in [2.24, 2.45) is 5.41 Å². The Balaban J connectivity index is 2.23. The number of nitrogen functional groups attached to an aromatic ring is 1. The van der Waals surface area contributed by atoms with E-state index in [1.54, 1.807) is 12.1 Å². The van der Waals surface area contributed by atoms with Gasteiger partial charge in [0.2, 0.25) is 0 Å². The second kappa shape index (κ2) is 5.84. The van der Waals surface area contributed by atoms with Gasteiger partial charge in [-0.3, -0.25) is 4.79 Å². The Kier molecular flexibility index (Phi) is 4.30. The highest BCUT2D eigenvalue weighted by molar-refractivity contribution is 6.00. The van der Waals surface area contributed by atoms with Gasteiger partial charge in [0.05, 0.1) is 19.8 Å². The van der Waals surface area contributed by atoms with Crippen LogP contribution < -0.4 is 20.5 Å². The van der Waals surface area contributed by atoms with Gasteiger partial charge in [-0.25, -0.2) is 0 Å². The van der Waals surface area contributed by atoms with Crippen molar-refractivity contribution in [2.45, 2.75) is 39.2 Å². The molecule has 1 aliphatic rings. The Morgan fingerprint density at radius 1 is 1.29 bits per heavy atom. The van der Waals surface area contributed by atoms with Crippen LogP contribution in [0.2, 0.25) is 0 Å². The largest absolute Gasteiger partial charge is 0.493 e. The second-order valence-corrected chi connectivity index (χ2v) is 6.20. The zero-order chi connectivity index (χ0) is 15.6. The first-order valence-electron chi connectivity index (χ1n) is 7.21. The van der Waals surface area contributed by atoms with E-state index in [9.17, 15) is 4.79 Å². The van der Waals surface area contributed by atoms with Crippen LogP contribution in [0.1, 0.15) is 43.5 Å². The Morgan fingerprint density at radius 2 is 1.90 bits per heavy atom. The van der Waals surface area contributed by atoms with Crippen LogP contribution in [0.5, 0.6) is 11.5 Å². The third-order valence-electron chi connectivity index (χ3n) is 4.36. The minimum atomic E-state index is -0.159. The fourth-order valence-electron chi connectivity index (χ4n) is 2.92. The van der Waals surface area contributed by atoms with Gasteiger partial charge in [-0.15, -0.1) is 0 Å². The number of hydrogen-bond donors (Lipinski definition) is 2. The molecule has 0 spiro atoms. The first-order valence-corrected chi connectivity index (χ1v) is 7.21. The number of nitrogens with two attached hydrogens (primary N) is 1. The van der Waals surface area contributed by atoms with Crippen LogP contribution >= 0.6 is 0 Å². The molecule has 3 N–H and O–H groups in total. The molecule has 0 radical (unpaired) electrons.